The number of hydrogen-bond acceptors (Lipinski definition) is 4. The van der Waals surface area contributed by atoms with Crippen LogP contribution in [0.25, 0.3) is 0 Å². The first-order valence-corrected chi connectivity index (χ1v) is 9.17. The Morgan fingerprint density at radius 2 is 1.52 bits per heavy atom. The van der Waals surface area contributed by atoms with Crippen LogP contribution in [0.15, 0.2) is 54.9 Å². The molecule has 6 nitrogen and oxygen atoms in total. The summed E-state index contributed by atoms with van der Waals surface area (Å²) in [4.78, 5) is 29.3. The van der Waals surface area contributed by atoms with Gasteiger partial charge in [-0.1, -0.05) is 12.1 Å². The average Bonchev–Trinajstić information content (AvgIpc) is 2.71. The number of nitrogens with zero attached hydrogens (tertiary/aromatic N) is 1. The Bertz CT molecular complexity index is 1080. The second kappa shape index (κ2) is 8.56. The van der Waals surface area contributed by atoms with Gasteiger partial charge in [-0.2, -0.15) is 0 Å². The van der Waals surface area contributed by atoms with Crippen LogP contribution in [0.2, 0.25) is 0 Å². The van der Waals surface area contributed by atoms with Gasteiger partial charge >= 0.3 is 0 Å². The number of ether oxygens (including phenoxy) is 1. The lowest BCUT2D eigenvalue weighted by atomic mass is 10.0. The maximum Gasteiger partial charge on any atom is 0.256 e. The van der Waals surface area contributed by atoms with Gasteiger partial charge in [-0.25, -0.2) is 0 Å². The molecule has 2 aromatic carbocycles. The van der Waals surface area contributed by atoms with E-state index in [1.165, 1.54) is 7.11 Å². The number of benzene rings is 2. The molecule has 0 unspecified atom stereocenters. The zero-order valence-electron chi connectivity index (χ0n) is 16.9. The van der Waals surface area contributed by atoms with Gasteiger partial charge in [0, 0.05) is 22.9 Å². The van der Waals surface area contributed by atoms with Crippen molar-refractivity contribution in [1.82, 2.24) is 4.98 Å². The van der Waals surface area contributed by atoms with Crippen molar-refractivity contribution in [3.63, 3.8) is 0 Å². The summed E-state index contributed by atoms with van der Waals surface area (Å²) < 4.78 is 5.13. The van der Waals surface area contributed by atoms with Gasteiger partial charge < -0.3 is 15.4 Å². The van der Waals surface area contributed by atoms with E-state index in [1.807, 2.05) is 32.9 Å². The van der Waals surface area contributed by atoms with E-state index in [0.29, 0.717) is 28.3 Å². The van der Waals surface area contributed by atoms with E-state index in [4.69, 9.17) is 4.74 Å². The normalized spacial score (nSPS) is 10.3. The second-order valence-electron chi connectivity index (χ2n) is 6.85. The standard InChI is InChI=1S/C23H23N3O3/c1-14-5-7-17(9-16(14)3)22(27)25-18-8-6-15(2)21(11-18)23(28)26-19-10-20(29-4)13-24-12-19/h5-13H,1-4H3,(H,25,27)(H,26,28). The average molecular weight is 389 g/mol. The molecule has 2 amide bonds. The topological polar surface area (TPSA) is 80.3 Å². The molecule has 29 heavy (non-hydrogen) atoms. The third-order valence-corrected chi connectivity index (χ3v) is 4.72. The minimum atomic E-state index is -0.292. The number of hydrogen-bond donors (Lipinski definition) is 2. The molecular formula is C23H23N3O3. The molecular weight excluding hydrogens is 366 g/mol. The van der Waals surface area contributed by atoms with Crippen molar-refractivity contribution in [1.29, 1.82) is 0 Å². The highest BCUT2D eigenvalue weighted by molar-refractivity contribution is 6.08. The number of pyridine rings is 1. The van der Waals surface area contributed by atoms with E-state index < -0.39 is 0 Å². The summed E-state index contributed by atoms with van der Waals surface area (Å²) in [5, 5.41) is 5.66. The molecule has 0 saturated carbocycles. The Balaban J connectivity index is 1.79. The number of aromatic nitrogens is 1. The second-order valence-corrected chi connectivity index (χ2v) is 6.85. The van der Waals surface area contributed by atoms with Gasteiger partial charge in [-0.3, -0.25) is 14.6 Å². The highest BCUT2D eigenvalue weighted by atomic mass is 16.5. The third-order valence-electron chi connectivity index (χ3n) is 4.72. The monoisotopic (exact) mass is 389 g/mol. The van der Waals surface area contributed by atoms with E-state index >= 15 is 0 Å². The van der Waals surface area contributed by atoms with Crippen LogP contribution in [0, 0.1) is 20.8 Å². The van der Waals surface area contributed by atoms with Gasteiger partial charge in [0.05, 0.1) is 25.2 Å². The van der Waals surface area contributed by atoms with Crippen LogP contribution in [0.3, 0.4) is 0 Å². The fraction of sp³-hybridized carbons (Fsp3) is 0.174. The lowest BCUT2D eigenvalue weighted by Gasteiger charge is -2.12. The first-order valence-electron chi connectivity index (χ1n) is 9.17. The Morgan fingerprint density at radius 3 is 2.24 bits per heavy atom. The summed E-state index contributed by atoms with van der Waals surface area (Å²) in [6, 6.07) is 12.5. The van der Waals surface area contributed by atoms with Gasteiger partial charge in [0.15, 0.2) is 0 Å². The van der Waals surface area contributed by atoms with Crippen LogP contribution in [0.1, 0.15) is 37.4 Å². The molecule has 1 aromatic heterocycles. The highest BCUT2D eigenvalue weighted by Gasteiger charge is 2.13. The fourth-order valence-corrected chi connectivity index (χ4v) is 2.83. The van der Waals surface area contributed by atoms with Crippen molar-refractivity contribution in [3.05, 3.63) is 82.7 Å². The molecule has 0 fully saturated rings. The van der Waals surface area contributed by atoms with Gasteiger partial charge in [-0.05, 0) is 61.7 Å². The Labute approximate surface area is 169 Å². The van der Waals surface area contributed by atoms with E-state index in [1.54, 1.807) is 42.7 Å². The highest BCUT2D eigenvalue weighted by Crippen LogP contribution is 2.20. The molecule has 0 spiro atoms. The minimum absolute atomic E-state index is 0.222. The molecule has 0 bridgehead atoms. The van der Waals surface area contributed by atoms with Gasteiger partial charge in [0.1, 0.15) is 5.75 Å². The maximum atomic E-state index is 12.7. The zero-order chi connectivity index (χ0) is 21.0. The fourth-order valence-electron chi connectivity index (χ4n) is 2.83. The van der Waals surface area contributed by atoms with Crippen molar-refractivity contribution >= 4 is 23.2 Å². The van der Waals surface area contributed by atoms with Crippen LogP contribution in [0.5, 0.6) is 5.75 Å². The number of carbonyl (C=O) groups is 2. The molecule has 0 saturated heterocycles. The molecule has 0 aliphatic heterocycles. The summed E-state index contributed by atoms with van der Waals surface area (Å²) in [5.74, 6) is 0.0362. The lowest BCUT2D eigenvalue weighted by molar-refractivity contribution is 0.101. The number of aryl methyl sites for hydroxylation is 3. The van der Waals surface area contributed by atoms with Gasteiger partial charge in [0.2, 0.25) is 0 Å². The SMILES string of the molecule is COc1cncc(NC(=O)c2cc(NC(=O)c3ccc(C)c(C)c3)ccc2C)c1. The molecule has 0 radical (unpaired) electrons. The number of carbonyl (C=O) groups excluding carboxylic acids is 2. The predicted octanol–water partition coefficient (Wildman–Crippen LogP) is 4.52. The quantitative estimate of drug-likeness (QED) is 0.672. The number of amides is 2. The predicted molar refractivity (Wildman–Crippen MR) is 114 cm³/mol. The van der Waals surface area contributed by atoms with Crippen molar-refractivity contribution in [2.45, 2.75) is 20.8 Å². The van der Waals surface area contributed by atoms with E-state index in [0.717, 1.165) is 16.7 Å². The summed E-state index contributed by atoms with van der Waals surface area (Å²) in [6.45, 7) is 5.81. The Kier molecular flexibility index (Phi) is 5.93. The van der Waals surface area contributed by atoms with Crippen LogP contribution < -0.4 is 15.4 Å². The van der Waals surface area contributed by atoms with Crippen LogP contribution >= 0.6 is 0 Å². The molecule has 0 atom stereocenters. The van der Waals surface area contributed by atoms with Gasteiger partial charge in [-0.15, -0.1) is 0 Å². The summed E-state index contributed by atoms with van der Waals surface area (Å²) >= 11 is 0. The number of rotatable bonds is 5. The summed E-state index contributed by atoms with van der Waals surface area (Å²) in [6.07, 6.45) is 3.10. The van der Waals surface area contributed by atoms with Gasteiger partial charge in [0.25, 0.3) is 11.8 Å². The molecule has 0 aliphatic rings. The molecule has 2 N–H and O–H groups in total. The van der Waals surface area contributed by atoms with Crippen molar-refractivity contribution in [2.75, 3.05) is 17.7 Å². The third kappa shape index (κ3) is 4.79. The van der Waals surface area contributed by atoms with Crippen LogP contribution in [0.4, 0.5) is 11.4 Å². The summed E-state index contributed by atoms with van der Waals surface area (Å²) in [7, 11) is 1.54. The molecule has 6 heteroatoms. The molecule has 1 heterocycles. The summed E-state index contributed by atoms with van der Waals surface area (Å²) in [5.41, 5.74) is 5.08. The number of nitrogens with one attached hydrogen (secondary N) is 2. The minimum Gasteiger partial charge on any atom is -0.495 e. The van der Waals surface area contributed by atoms with Crippen LogP contribution in [-0.2, 0) is 0 Å². The van der Waals surface area contributed by atoms with Crippen molar-refractivity contribution in [2.24, 2.45) is 0 Å². The van der Waals surface area contributed by atoms with Crippen LogP contribution in [-0.4, -0.2) is 23.9 Å². The van der Waals surface area contributed by atoms with E-state index in [-0.39, 0.29) is 11.8 Å². The molecule has 3 aromatic rings. The Morgan fingerprint density at radius 1 is 0.793 bits per heavy atom. The maximum absolute atomic E-state index is 12.7. The van der Waals surface area contributed by atoms with E-state index in [2.05, 4.69) is 15.6 Å². The van der Waals surface area contributed by atoms with Crippen molar-refractivity contribution < 1.29 is 14.3 Å². The van der Waals surface area contributed by atoms with Crippen molar-refractivity contribution in [3.8, 4) is 5.75 Å². The lowest BCUT2D eigenvalue weighted by Crippen LogP contribution is -2.16. The molecule has 3 rings (SSSR count). The smallest absolute Gasteiger partial charge is 0.256 e. The molecule has 148 valence electrons. The Hall–Kier alpha value is -3.67. The first kappa shape index (κ1) is 20.1. The zero-order valence-corrected chi connectivity index (χ0v) is 16.9. The first-order chi connectivity index (χ1) is 13.9. The number of methoxy groups -OCH3 is 1. The largest absolute Gasteiger partial charge is 0.495 e. The van der Waals surface area contributed by atoms with E-state index in [9.17, 15) is 9.59 Å². The molecule has 0 aliphatic carbocycles. The number of anilines is 2.